The lowest BCUT2D eigenvalue weighted by Gasteiger charge is -2.08. The van der Waals surface area contributed by atoms with Crippen molar-refractivity contribution < 1.29 is 19.0 Å². The number of carboxylic acids is 1. The number of hydrogen-bond donors (Lipinski definition) is 1. The molecule has 21 heavy (non-hydrogen) atoms. The van der Waals surface area contributed by atoms with E-state index in [4.69, 9.17) is 9.84 Å². The maximum atomic E-state index is 13.4. The van der Waals surface area contributed by atoms with Crippen LogP contribution >= 0.6 is 0 Å². The third-order valence-electron chi connectivity index (χ3n) is 2.92. The molecule has 0 heterocycles. The third-order valence-corrected chi connectivity index (χ3v) is 2.92. The van der Waals surface area contributed by atoms with E-state index < -0.39 is 5.97 Å². The van der Waals surface area contributed by atoms with E-state index in [1.165, 1.54) is 12.1 Å². The van der Waals surface area contributed by atoms with Gasteiger partial charge in [0.25, 0.3) is 0 Å². The molecule has 2 aromatic carbocycles. The Morgan fingerprint density at radius 1 is 1.29 bits per heavy atom. The highest BCUT2D eigenvalue weighted by Gasteiger charge is 2.01. The van der Waals surface area contributed by atoms with Gasteiger partial charge < -0.3 is 9.84 Å². The first kappa shape index (κ1) is 14.8. The normalized spacial score (nSPS) is 10.8. The van der Waals surface area contributed by atoms with Crippen LogP contribution in [0.2, 0.25) is 0 Å². The van der Waals surface area contributed by atoms with Gasteiger partial charge in [-0.2, -0.15) is 0 Å². The van der Waals surface area contributed by atoms with E-state index in [0.717, 1.165) is 17.2 Å². The average Bonchev–Trinajstić information content (AvgIpc) is 2.47. The second-order valence-electron chi connectivity index (χ2n) is 4.62. The second kappa shape index (κ2) is 6.70. The summed E-state index contributed by atoms with van der Waals surface area (Å²) in [4.78, 5) is 10.5. The third kappa shape index (κ3) is 4.45. The number of halogens is 1. The predicted octanol–water partition coefficient (Wildman–Crippen LogP) is 3.81. The van der Waals surface area contributed by atoms with Gasteiger partial charge in [-0.05, 0) is 41.8 Å². The monoisotopic (exact) mass is 286 g/mol. The van der Waals surface area contributed by atoms with Gasteiger partial charge in [0.2, 0.25) is 0 Å². The van der Waals surface area contributed by atoms with Gasteiger partial charge in [0, 0.05) is 12.1 Å². The van der Waals surface area contributed by atoms with Crippen molar-refractivity contribution in [2.24, 2.45) is 0 Å². The van der Waals surface area contributed by atoms with E-state index in [2.05, 4.69) is 0 Å². The minimum Gasteiger partial charge on any atom is -0.489 e. The molecule has 108 valence electrons. The van der Waals surface area contributed by atoms with Crippen LogP contribution in [0.1, 0.15) is 16.7 Å². The summed E-state index contributed by atoms with van der Waals surface area (Å²) < 4.78 is 18.9. The number of hydrogen-bond acceptors (Lipinski definition) is 2. The van der Waals surface area contributed by atoms with E-state index in [1.807, 2.05) is 18.2 Å². The highest BCUT2D eigenvalue weighted by molar-refractivity contribution is 5.85. The minimum absolute atomic E-state index is 0.289. The Balaban J connectivity index is 2.04. The zero-order valence-electron chi connectivity index (χ0n) is 11.5. The fraction of sp³-hybridized carbons (Fsp3) is 0.118. The van der Waals surface area contributed by atoms with Crippen LogP contribution in [0, 0.1) is 12.7 Å². The van der Waals surface area contributed by atoms with Crippen molar-refractivity contribution in [3.63, 3.8) is 0 Å². The molecule has 2 aromatic rings. The number of carbonyl (C=O) groups is 1. The summed E-state index contributed by atoms with van der Waals surface area (Å²) in [6.07, 6.45) is 2.59. The molecule has 2 rings (SSSR count). The molecule has 0 radical (unpaired) electrons. The fourth-order valence-corrected chi connectivity index (χ4v) is 1.78. The molecule has 0 unspecified atom stereocenters. The van der Waals surface area contributed by atoms with E-state index in [1.54, 1.807) is 25.1 Å². The molecule has 0 aromatic heterocycles. The number of aliphatic carboxylic acids is 1. The number of rotatable bonds is 5. The topological polar surface area (TPSA) is 46.5 Å². The van der Waals surface area contributed by atoms with Crippen LogP contribution in [0.25, 0.3) is 6.08 Å². The Labute approximate surface area is 122 Å². The standard InChI is InChI=1S/C17H15FO3/c1-12-5-7-15(10-16(12)18)21-11-14-4-2-3-13(9-14)6-8-17(19)20/h2-10H,11H2,1H3,(H,19,20)/b8-6+. The molecule has 0 fully saturated rings. The van der Waals surface area contributed by atoms with Gasteiger partial charge >= 0.3 is 5.97 Å². The fourth-order valence-electron chi connectivity index (χ4n) is 1.78. The molecule has 0 saturated carbocycles. The molecule has 0 amide bonds. The summed E-state index contributed by atoms with van der Waals surface area (Å²) in [5, 5.41) is 8.60. The molecule has 0 saturated heterocycles. The van der Waals surface area contributed by atoms with E-state index >= 15 is 0 Å². The largest absolute Gasteiger partial charge is 0.489 e. The zero-order chi connectivity index (χ0) is 15.2. The number of ether oxygens (including phenoxy) is 1. The SMILES string of the molecule is Cc1ccc(OCc2cccc(/C=C/C(=O)O)c2)cc1F. The van der Waals surface area contributed by atoms with Crippen molar-refractivity contribution in [1.29, 1.82) is 0 Å². The number of benzene rings is 2. The Morgan fingerprint density at radius 3 is 2.81 bits per heavy atom. The van der Waals surface area contributed by atoms with Crippen molar-refractivity contribution >= 4 is 12.0 Å². The van der Waals surface area contributed by atoms with Gasteiger partial charge in [0.15, 0.2) is 0 Å². The van der Waals surface area contributed by atoms with Gasteiger partial charge in [0.1, 0.15) is 18.2 Å². The molecule has 0 aliphatic heterocycles. The first-order valence-corrected chi connectivity index (χ1v) is 6.43. The zero-order valence-corrected chi connectivity index (χ0v) is 11.5. The van der Waals surface area contributed by atoms with Gasteiger partial charge in [-0.1, -0.05) is 24.3 Å². The first-order valence-electron chi connectivity index (χ1n) is 6.43. The van der Waals surface area contributed by atoms with Crippen LogP contribution < -0.4 is 4.74 Å². The lowest BCUT2D eigenvalue weighted by Crippen LogP contribution is -1.96. The lowest BCUT2D eigenvalue weighted by atomic mass is 10.1. The molecule has 0 aliphatic carbocycles. The summed E-state index contributed by atoms with van der Waals surface area (Å²) >= 11 is 0. The van der Waals surface area contributed by atoms with Crippen LogP contribution in [0.3, 0.4) is 0 Å². The molecular weight excluding hydrogens is 271 g/mol. The minimum atomic E-state index is -0.994. The summed E-state index contributed by atoms with van der Waals surface area (Å²) in [5.41, 5.74) is 2.22. The smallest absolute Gasteiger partial charge is 0.328 e. The lowest BCUT2D eigenvalue weighted by molar-refractivity contribution is -0.131. The highest BCUT2D eigenvalue weighted by atomic mass is 19.1. The number of aryl methyl sites for hydroxylation is 1. The van der Waals surface area contributed by atoms with Crippen molar-refractivity contribution in [3.8, 4) is 5.75 Å². The average molecular weight is 286 g/mol. The van der Waals surface area contributed by atoms with E-state index in [0.29, 0.717) is 11.3 Å². The van der Waals surface area contributed by atoms with E-state index in [-0.39, 0.29) is 12.4 Å². The summed E-state index contributed by atoms with van der Waals surface area (Å²) in [6, 6.07) is 12.0. The Kier molecular flexibility index (Phi) is 4.72. The van der Waals surface area contributed by atoms with Crippen LogP contribution in [-0.2, 0) is 11.4 Å². The molecule has 3 nitrogen and oxygen atoms in total. The Hall–Kier alpha value is -2.62. The van der Waals surface area contributed by atoms with Crippen molar-refractivity contribution in [1.82, 2.24) is 0 Å². The van der Waals surface area contributed by atoms with E-state index in [9.17, 15) is 9.18 Å². The van der Waals surface area contributed by atoms with Gasteiger partial charge in [-0.25, -0.2) is 9.18 Å². The number of carboxylic acid groups (broad SMARTS) is 1. The van der Waals surface area contributed by atoms with Crippen LogP contribution in [0.15, 0.2) is 48.5 Å². The maximum Gasteiger partial charge on any atom is 0.328 e. The van der Waals surface area contributed by atoms with Gasteiger partial charge in [-0.3, -0.25) is 0 Å². The van der Waals surface area contributed by atoms with Crippen LogP contribution in [0.4, 0.5) is 4.39 Å². The van der Waals surface area contributed by atoms with Crippen LogP contribution in [0.5, 0.6) is 5.75 Å². The molecule has 0 spiro atoms. The second-order valence-corrected chi connectivity index (χ2v) is 4.62. The molecule has 0 aliphatic rings. The molecule has 1 N–H and O–H groups in total. The highest BCUT2D eigenvalue weighted by Crippen LogP contribution is 2.17. The van der Waals surface area contributed by atoms with Crippen molar-refractivity contribution in [2.75, 3.05) is 0 Å². The van der Waals surface area contributed by atoms with Gasteiger partial charge in [-0.15, -0.1) is 0 Å². The molecular formula is C17H15FO3. The van der Waals surface area contributed by atoms with Crippen LogP contribution in [-0.4, -0.2) is 11.1 Å². The summed E-state index contributed by atoms with van der Waals surface area (Å²) in [5.74, 6) is -0.831. The molecule has 0 bridgehead atoms. The Morgan fingerprint density at radius 2 is 2.10 bits per heavy atom. The molecule has 0 atom stereocenters. The summed E-state index contributed by atoms with van der Waals surface area (Å²) in [7, 11) is 0. The Bertz CT molecular complexity index is 677. The predicted molar refractivity (Wildman–Crippen MR) is 78.6 cm³/mol. The first-order chi connectivity index (χ1) is 10.0. The van der Waals surface area contributed by atoms with Crippen molar-refractivity contribution in [3.05, 3.63) is 71.0 Å². The summed E-state index contributed by atoms with van der Waals surface area (Å²) in [6.45, 7) is 1.98. The quantitative estimate of drug-likeness (QED) is 0.850. The maximum absolute atomic E-state index is 13.4. The van der Waals surface area contributed by atoms with Crippen molar-refractivity contribution in [2.45, 2.75) is 13.5 Å². The van der Waals surface area contributed by atoms with Gasteiger partial charge in [0.05, 0.1) is 0 Å². The molecule has 4 heteroatoms.